The van der Waals surface area contributed by atoms with Gasteiger partial charge in [0.2, 0.25) is 0 Å². The van der Waals surface area contributed by atoms with Gasteiger partial charge in [-0.1, -0.05) is 31.5 Å². The predicted octanol–water partition coefficient (Wildman–Crippen LogP) is 3.28. The molecule has 0 aliphatic carbocycles. The Balaban J connectivity index is 1.55. The van der Waals surface area contributed by atoms with Crippen LogP contribution in [-0.4, -0.2) is 46.2 Å². The molecule has 1 heterocycles. The number of esters is 1. The van der Waals surface area contributed by atoms with Crippen LogP contribution < -0.4 is 10.0 Å². The van der Waals surface area contributed by atoms with Crippen molar-refractivity contribution in [3.8, 4) is 0 Å². The van der Waals surface area contributed by atoms with Crippen LogP contribution >= 0.6 is 0 Å². The number of carbonyl (C=O) groups excluding carboxylic acids is 2. The van der Waals surface area contributed by atoms with Gasteiger partial charge in [0, 0.05) is 18.8 Å². The summed E-state index contributed by atoms with van der Waals surface area (Å²) in [7, 11) is -3.90. The number of anilines is 1. The number of ether oxygens (including phenoxy) is 2. The molecule has 33 heavy (non-hydrogen) atoms. The summed E-state index contributed by atoms with van der Waals surface area (Å²) in [5.74, 6) is -1.22. The number of nitrogens with one attached hydrogen (secondary N) is 2. The lowest BCUT2D eigenvalue weighted by Gasteiger charge is -2.12. The maximum absolute atomic E-state index is 12.8. The summed E-state index contributed by atoms with van der Waals surface area (Å²) in [4.78, 5) is 24.2. The molecule has 0 radical (unpaired) electrons. The highest BCUT2D eigenvalue weighted by atomic mass is 32.2. The Labute approximate surface area is 194 Å². The third-order valence-corrected chi connectivity index (χ3v) is 6.67. The molecule has 1 atom stereocenters. The summed E-state index contributed by atoms with van der Waals surface area (Å²) in [6.07, 6.45) is 4.95. The highest BCUT2D eigenvalue weighted by molar-refractivity contribution is 7.92. The molecule has 178 valence electrons. The van der Waals surface area contributed by atoms with Crippen LogP contribution in [0.1, 0.15) is 48.5 Å². The summed E-state index contributed by atoms with van der Waals surface area (Å²) in [5.41, 5.74) is 1.62. The molecule has 2 aromatic rings. The number of aryl methyl sites for hydroxylation is 1. The summed E-state index contributed by atoms with van der Waals surface area (Å²) in [6.45, 7) is 2.72. The number of unbranched alkanes of at least 4 members (excludes halogenated alkanes) is 1. The van der Waals surface area contributed by atoms with Gasteiger partial charge in [-0.15, -0.1) is 0 Å². The highest BCUT2D eigenvalue weighted by Gasteiger charge is 2.19. The van der Waals surface area contributed by atoms with Crippen molar-refractivity contribution in [2.75, 3.05) is 24.5 Å². The van der Waals surface area contributed by atoms with Crippen molar-refractivity contribution in [2.24, 2.45) is 0 Å². The zero-order valence-electron chi connectivity index (χ0n) is 18.7. The van der Waals surface area contributed by atoms with Gasteiger partial charge in [-0.25, -0.2) is 13.2 Å². The molecule has 0 saturated carbocycles. The predicted molar refractivity (Wildman–Crippen MR) is 125 cm³/mol. The molecule has 8 nitrogen and oxygen atoms in total. The molecule has 1 fully saturated rings. The summed E-state index contributed by atoms with van der Waals surface area (Å²) >= 11 is 0. The largest absolute Gasteiger partial charge is 0.452 e. The molecular formula is C24H30N2O6S. The molecular weight excluding hydrogens is 444 g/mol. The number of amides is 1. The van der Waals surface area contributed by atoms with Gasteiger partial charge in [-0.05, 0) is 61.6 Å². The van der Waals surface area contributed by atoms with Crippen LogP contribution in [0.5, 0.6) is 0 Å². The maximum Gasteiger partial charge on any atom is 0.338 e. The van der Waals surface area contributed by atoms with Gasteiger partial charge in [0.25, 0.3) is 15.9 Å². The lowest BCUT2D eigenvalue weighted by molar-refractivity contribution is -0.124. The van der Waals surface area contributed by atoms with Gasteiger partial charge >= 0.3 is 5.97 Å². The lowest BCUT2D eigenvalue weighted by Crippen LogP contribution is -2.34. The van der Waals surface area contributed by atoms with Crippen LogP contribution in [0.25, 0.3) is 0 Å². The van der Waals surface area contributed by atoms with E-state index in [9.17, 15) is 18.0 Å². The van der Waals surface area contributed by atoms with Crippen molar-refractivity contribution in [3.63, 3.8) is 0 Å². The van der Waals surface area contributed by atoms with Gasteiger partial charge in [-0.2, -0.15) is 0 Å². The van der Waals surface area contributed by atoms with E-state index < -0.39 is 28.5 Å². The maximum atomic E-state index is 12.8. The van der Waals surface area contributed by atoms with Crippen LogP contribution in [0.2, 0.25) is 0 Å². The summed E-state index contributed by atoms with van der Waals surface area (Å²) in [6, 6.07) is 12.7. The van der Waals surface area contributed by atoms with Crippen molar-refractivity contribution in [1.29, 1.82) is 0 Å². The van der Waals surface area contributed by atoms with E-state index in [-0.39, 0.29) is 16.6 Å². The molecule has 9 heteroatoms. The number of hydrogen-bond acceptors (Lipinski definition) is 6. The Morgan fingerprint density at radius 3 is 2.64 bits per heavy atom. The number of sulfonamides is 1. The topological polar surface area (TPSA) is 111 Å². The van der Waals surface area contributed by atoms with E-state index in [1.165, 1.54) is 24.3 Å². The van der Waals surface area contributed by atoms with E-state index in [2.05, 4.69) is 17.0 Å². The van der Waals surface area contributed by atoms with Gasteiger partial charge in [-0.3, -0.25) is 9.52 Å². The Hall–Kier alpha value is -2.91. The zero-order chi connectivity index (χ0) is 23.7. The van der Waals surface area contributed by atoms with Gasteiger partial charge < -0.3 is 14.8 Å². The number of benzene rings is 2. The van der Waals surface area contributed by atoms with Gasteiger partial charge in [0.1, 0.15) is 0 Å². The molecule has 2 N–H and O–H groups in total. The third-order valence-electron chi connectivity index (χ3n) is 5.29. The van der Waals surface area contributed by atoms with Crippen molar-refractivity contribution >= 4 is 27.6 Å². The van der Waals surface area contributed by atoms with Crippen molar-refractivity contribution in [1.82, 2.24) is 5.32 Å². The van der Waals surface area contributed by atoms with Crippen LogP contribution in [0.4, 0.5) is 5.69 Å². The molecule has 1 aliphatic heterocycles. The standard InChI is InChI=1S/C24H30N2O6S/c1-2-3-6-18-10-12-20(13-11-18)26-33(29,30)22-9-4-7-19(15-22)24(28)32-17-23(27)25-16-21-8-5-14-31-21/h4,7,9-13,15,21,26H,2-3,5-6,8,14,16-17H2,1H3,(H,25,27). The van der Waals surface area contributed by atoms with Crippen molar-refractivity contribution in [3.05, 3.63) is 59.7 Å². The second-order valence-electron chi connectivity index (χ2n) is 7.95. The van der Waals surface area contributed by atoms with Crippen LogP contribution in [0, 0.1) is 0 Å². The van der Waals surface area contributed by atoms with E-state index in [1.54, 1.807) is 12.1 Å². The monoisotopic (exact) mass is 474 g/mol. The minimum absolute atomic E-state index is 0.00779. The minimum Gasteiger partial charge on any atom is -0.452 e. The number of rotatable bonds is 11. The fraction of sp³-hybridized carbons (Fsp3) is 0.417. The first kappa shape index (κ1) is 24.7. The molecule has 1 saturated heterocycles. The Morgan fingerprint density at radius 1 is 1.15 bits per heavy atom. The van der Waals surface area contributed by atoms with Crippen LogP contribution in [0.15, 0.2) is 53.4 Å². The second kappa shape index (κ2) is 11.8. The molecule has 0 spiro atoms. The van der Waals surface area contributed by atoms with Crippen LogP contribution in [0.3, 0.4) is 0 Å². The van der Waals surface area contributed by atoms with Crippen molar-refractivity contribution < 1.29 is 27.5 Å². The van der Waals surface area contributed by atoms with E-state index in [0.717, 1.165) is 37.7 Å². The molecule has 2 aromatic carbocycles. The fourth-order valence-electron chi connectivity index (χ4n) is 3.42. The Kier molecular flexibility index (Phi) is 8.85. The average molecular weight is 475 g/mol. The molecule has 3 rings (SSSR count). The smallest absolute Gasteiger partial charge is 0.338 e. The number of carbonyl (C=O) groups is 2. The highest BCUT2D eigenvalue weighted by Crippen LogP contribution is 2.19. The Morgan fingerprint density at radius 2 is 1.94 bits per heavy atom. The van der Waals surface area contributed by atoms with Gasteiger partial charge in [0.15, 0.2) is 6.61 Å². The minimum atomic E-state index is -3.90. The summed E-state index contributed by atoms with van der Waals surface area (Å²) in [5, 5.41) is 2.66. The van der Waals surface area contributed by atoms with E-state index in [0.29, 0.717) is 18.8 Å². The van der Waals surface area contributed by atoms with E-state index in [4.69, 9.17) is 9.47 Å². The first-order chi connectivity index (χ1) is 15.9. The fourth-order valence-corrected chi connectivity index (χ4v) is 4.53. The molecule has 1 amide bonds. The molecule has 0 aromatic heterocycles. The van der Waals surface area contributed by atoms with Crippen molar-refractivity contribution in [2.45, 2.75) is 50.0 Å². The van der Waals surface area contributed by atoms with Crippen LogP contribution in [-0.2, 0) is 30.7 Å². The molecule has 1 unspecified atom stereocenters. The molecule has 0 bridgehead atoms. The average Bonchev–Trinajstić information content (AvgIpc) is 3.34. The first-order valence-electron chi connectivity index (χ1n) is 11.1. The Bertz CT molecular complexity index is 1050. The molecule has 1 aliphatic rings. The third kappa shape index (κ3) is 7.57. The SMILES string of the molecule is CCCCc1ccc(NS(=O)(=O)c2cccc(C(=O)OCC(=O)NCC3CCCO3)c2)cc1. The van der Waals surface area contributed by atoms with E-state index in [1.807, 2.05) is 12.1 Å². The quantitative estimate of drug-likeness (QED) is 0.484. The summed E-state index contributed by atoms with van der Waals surface area (Å²) < 4.78 is 38.5. The lowest BCUT2D eigenvalue weighted by atomic mass is 10.1. The second-order valence-corrected chi connectivity index (χ2v) is 9.63. The van der Waals surface area contributed by atoms with E-state index >= 15 is 0 Å². The normalized spacial score (nSPS) is 15.7. The van der Waals surface area contributed by atoms with Gasteiger partial charge in [0.05, 0.1) is 16.6 Å². The first-order valence-corrected chi connectivity index (χ1v) is 12.6. The zero-order valence-corrected chi connectivity index (χ0v) is 19.5. The number of hydrogen-bond donors (Lipinski definition) is 2.